The summed E-state index contributed by atoms with van der Waals surface area (Å²) in [7, 11) is 0. The molecule has 5 nitrogen and oxygen atoms in total. The maximum atomic E-state index is 11.0. The van der Waals surface area contributed by atoms with Crippen molar-refractivity contribution in [2.75, 3.05) is 12.3 Å². The van der Waals surface area contributed by atoms with E-state index in [1.807, 2.05) is 12.1 Å². The molecule has 0 saturated heterocycles. The van der Waals surface area contributed by atoms with E-state index in [1.165, 1.54) is 0 Å². The van der Waals surface area contributed by atoms with E-state index in [0.29, 0.717) is 18.0 Å². The number of carbonyl (C=O) groups excluding carboxylic acids is 1. The van der Waals surface area contributed by atoms with Crippen molar-refractivity contribution in [2.24, 2.45) is 0 Å². The van der Waals surface area contributed by atoms with Gasteiger partial charge in [0.15, 0.2) is 0 Å². The molecule has 102 valence electrons. The van der Waals surface area contributed by atoms with E-state index in [0.717, 1.165) is 0 Å². The van der Waals surface area contributed by atoms with E-state index in [2.05, 4.69) is 9.97 Å². The first-order valence-corrected chi connectivity index (χ1v) is 5.47. The van der Waals surface area contributed by atoms with Gasteiger partial charge in [-0.05, 0) is 31.2 Å². The average Bonchev–Trinajstić information content (AvgIpc) is 2.42. The molecule has 2 aromatic rings. The number of aromatic nitrogens is 2. The monoisotopic (exact) mass is 281 g/mol. The zero-order chi connectivity index (χ0) is 13.2. The van der Waals surface area contributed by atoms with Gasteiger partial charge < -0.3 is 10.5 Å². The van der Waals surface area contributed by atoms with E-state index in [1.54, 1.807) is 43.7 Å². The van der Waals surface area contributed by atoms with Crippen molar-refractivity contribution < 1.29 is 9.53 Å². The molecule has 0 aromatic carbocycles. The Labute approximate surface area is 118 Å². The maximum absolute atomic E-state index is 11.0. The van der Waals surface area contributed by atoms with Crippen LogP contribution in [0, 0.1) is 0 Å². The number of hydrogen-bond donors (Lipinski definition) is 1. The number of nitrogens with two attached hydrogens (primary N) is 1. The van der Waals surface area contributed by atoms with Gasteiger partial charge in [-0.2, -0.15) is 0 Å². The van der Waals surface area contributed by atoms with Crippen LogP contribution < -0.4 is 5.73 Å². The van der Waals surface area contributed by atoms with E-state index >= 15 is 0 Å². The lowest BCUT2D eigenvalue weighted by Gasteiger charge is -1.98. The summed E-state index contributed by atoms with van der Waals surface area (Å²) in [5.41, 5.74) is 5.79. The summed E-state index contributed by atoms with van der Waals surface area (Å²) in [6.07, 6.45) is 4.79. The van der Waals surface area contributed by atoms with E-state index < -0.39 is 0 Å². The third kappa shape index (κ3) is 7.00. The summed E-state index contributed by atoms with van der Waals surface area (Å²) in [5, 5.41) is 0. The first-order chi connectivity index (χ1) is 8.74. The van der Waals surface area contributed by atoms with Crippen LogP contribution in [0.3, 0.4) is 0 Å². The van der Waals surface area contributed by atoms with Crippen molar-refractivity contribution in [3.8, 4) is 0 Å². The number of ether oxygens (including phenoxy) is 1. The Hall–Kier alpha value is -2.14. The molecule has 2 heterocycles. The Balaban J connectivity index is 0.000000352. The fourth-order valence-electron chi connectivity index (χ4n) is 1.08. The van der Waals surface area contributed by atoms with Crippen molar-refractivity contribution in [3.63, 3.8) is 0 Å². The molecule has 0 aliphatic carbocycles. The van der Waals surface area contributed by atoms with Gasteiger partial charge in [0.2, 0.25) is 0 Å². The van der Waals surface area contributed by atoms with Crippen LogP contribution >= 0.6 is 12.4 Å². The van der Waals surface area contributed by atoms with Gasteiger partial charge in [-0.25, -0.2) is 9.78 Å². The number of esters is 1. The SMILES string of the molecule is CCOC(=O)c1ccncc1.Cl.Nc1ccccn1. The number of rotatable bonds is 2. The van der Waals surface area contributed by atoms with E-state index in [9.17, 15) is 4.79 Å². The zero-order valence-corrected chi connectivity index (χ0v) is 11.3. The molecule has 0 saturated carbocycles. The van der Waals surface area contributed by atoms with Crippen LogP contribution in [0.2, 0.25) is 0 Å². The lowest BCUT2D eigenvalue weighted by molar-refractivity contribution is 0.0526. The van der Waals surface area contributed by atoms with Gasteiger partial charge in [0.25, 0.3) is 0 Å². The number of halogens is 1. The van der Waals surface area contributed by atoms with Gasteiger partial charge in [0.1, 0.15) is 5.82 Å². The number of pyridine rings is 2. The summed E-state index contributed by atoms with van der Waals surface area (Å²) in [6.45, 7) is 2.18. The average molecular weight is 282 g/mol. The van der Waals surface area contributed by atoms with Crippen molar-refractivity contribution in [2.45, 2.75) is 6.92 Å². The molecule has 0 aliphatic heterocycles. The molecule has 0 bridgehead atoms. The van der Waals surface area contributed by atoms with Crippen molar-refractivity contribution in [1.82, 2.24) is 9.97 Å². The first-order valence-electron chi connectivity index (χ1n) is 5.47. The number of anilines is 1. The number of carbonyl (C=O) groups is 1. The third-order valence-electron chi connectivity index (χ3n) is 1.88. The van der Waals surface area contributed by atoms with Crippen molar-refractivity contribution in [1.29, 1.82) is 0 Å². The molecule has 2 N–H and O–H groups in total. The normalized spacial score (nSPS) is 8.47. The van der Waals surface area contributed by atoms with Gasteiger partial charge in [-0.3, -0.25) is 4.98 Å². The highest BCUT2D eigenvalue weighted by Gasteiger charge is 2.02. The lowest BCUT2D eigenvalue weighted by Crippen LogP contribution is -2.03. The largest absolute Gasteiger partial charge is 0.462 e. The van der Waals surface area contributed by atoms with Gasteiger partial charge in [-0.1, -0.05) is 6.07 Å². The topological polar surface area (TPSA) is 78.1 Å². The molecular weight excluding hydrogens is 266 g/mol. The third-order valence-corrected chi connectivity index (χ3v) is 1.88. The lowest BCUT2D eigenvalue weighted by atomic mass is 10.3. The minimum absolute atomic E-state index is 0. The molecular formula is C13H16ClN3O2. The van der Waals surface area contributed by atoms with E-state index in [-0.39, 0.29) is 18.4 Å². The quantitative estimate of drug-likeness (QED) is 0.855. The molecule has 2 aromatic heterocycles. The van der Waals surface area contributed by atoms with Crippen LogP contribution in [0.25, 0.3) is 0 Å². The summed E-state index contributed by atoms with van der Waals surface area (Å²) in [6, 6.07) is 8.68. The molecule has 0 aliphatic rings. The van der Waals surface area contributed by atoms with Crippen LogP contribution in [0.1, 0.15) is 17.3 Å². The second-order valence-corrected chi connectivity index (χ2v) is 3.21. The molecule has 6 heteroatoms. The number of hydrogen-bond acceptors (Lipinski definition) is 5. The highest BCUT2D eigenvalue weighted by atomic mass is 35.5. The predicted octanol–water partition coefficient (Wildman–Crippen LogP) is 2.34. The van der Waals surface area contributed by atoms with Gasteiger partial charge in [0, 0.05) is 18.6 Å². The fraction of sp³-hybridized carbons (Fsp3) is 0.154. The van der Waals surface area contributed by atoms with Crippen LogP contribution in [0.5, 0.6) is 0 Å². The smallest absolute Gasteiger partial charge is 0.338 e. The maximum Gasteiger partial charge on any atom is 0.338 e. The molecule has 0 unspecified atom stereocenters. The summed E-state index contributed by atoms with van der Waals surface area (Å²) < 4.78 is 4.76. The van der Waals surface area contributed by atoms with Crippen LogP contribution in [-0.2, 0) is 4.74 Å². The van der Waals surface area contributed by atoms with Crippen LogP contribution in [-0.4, -0.2) is 22.5 Å². The fourth-order valence-corrected chi connectivity index (χ4v) is 1.08. The summed E-state index contributed by atoms with van der Waals surface area (Å²) >= 11 is 0. The Morgan fingerprint density at radius 1 is 1.21 bits per heavy atom. The van der Waals surface area contributed by atoms with Gasteiger partial charge in [0.05, 0.1) is 12.2 Å². The van der Waals surface area contributed by atoms with E-state index in [4.69, 9.17) is 10.5 Å². The first kappa shape index (κ1) is 16.9. The van der Waals surface area contributed by atoms with Gasteiger partial charge >= 0.3 is 5.97 Å². The second-order valence-electron chi connectivity index (χ2n) is 3.21. The summed E-state index contributed by atoms with van der Waals surface area (Å²) in [5.74, 6) is 0.275. The number of nitrogens with zero attached hydrogens (tertiary/aromatic N) is 2. The number of nitrogen functional groups attached to an aromatic ring is 1. The van der Waals surface area contributed by atoms with Crippen molar-refractivity contribution >= 4 is 24.2 Å². The molecule has 2 rings (SSSR count). The Bertz CT molecular complexity index is 466. The molecule has 0 atom stereocenters. The molecule has 0 spiro atoms. The highest BCUT2D eigenvalue weighted by Crippen LogP contribution is 1.98. The molecule has 0 amide bonds. The summed E-state index contributed by atoms with van der Waals surface area (Å²) in [4.78, 5) is 18.5. The minimum Gasteiger partial charge on any atom is -0.462 e. The Morgan fingerprint density at radius 3 is 2.32 bits per heavy atom. The molecule has 19 heavy (non-hydrogen) atoms. The second kappa shape index (κ2) is 9.85. The van der Waals surface area contributed by atoms with Crippen molar-refractivity contribution in [3.05, 3.63) is 54.5 Å². The van der Waals surface area contributed by atoms with Crippen LogP contribution in [0.15, 0.2) is 48.9 Å². The predicted molar refractivity (Wildman–Crippen MR) is 76.1 cm³/mol. The van der Waals surface area contributed by atoms with Crippen LogP contribution in [0.4, 0.5) is 5.82 Å². The Kier molecular flexibility index (Phi) is 8.74. The Morgan fingerprint density at radius 2 is 1.89 bits per heavy atom. The minimum atomic E-state index is -0.296. The highest BCUT2D eigenvalue weighted by molar-refractivity contribution is 5.89. The zero-order valence-electron chi connectivity index (χ0n) is 10.5. The standard InChI is InChI=1S/C8H9NO2.C5H6N2.ClH/c1-2-11-8(10)7-3-5-9-6-4-7;6-5-3-1-2-4-7-5;/h3-6H,2H2,1H3;1-4H,(H2,6,7);1H. The van der Waals surface area contributed by atoms with Gasteiger partial charge in [-0.15, -0.1) is 12.4 Å². The molecule has 0 fully saturated rings. The molecule has 0 radical (unpaired) electrons.